The highest BCUT2D eigenvalue weighted by Gasteiger charge is 2.19. The molecule has 1 atom stereocenters. The first kappa shape index (κ1) is 20.1. The van der Waals surface area contributed by atoms with Gasteiger partial charge in [0.15, 0.2) is 22.6 Å². The molecule has 32 heavy (non-hydrogen) atoms. The Labute approximate surface area is 187 Å². The molecule has 0 spiro atoms. The molecule has 3 heterocycles. The molecule has 9 heteroatoms. The Bertz CT molecular complexity index is 1390. The molecule has 0 saturated carbocycles. The normalized spacial score (nSPS) is 13.2. The van der Waals surface area contributed by atoms with Gasteiger partial charge in [0.2, 0.25) is 6.79 Å². The topological polar surface area (TPSA) is 91.2 Å². The summed E-state index contributed by atoms with van der Waals surface area (Å²) >= 11 is 1.40. The van der Waals surface area contributed by atoms with Crippen LogP contribution in [0.3, 0.4) is 0 Å². The van der Waals surface area contributed by atoms with Gasteiger partial charge in [-0.05, 0) is 38.1 Å². The van der Waals surface area contributed by atoms with Gasteiger partial charge in [0.05, 0.1) is 5.69 Å². The largest absolute Gasteiger partial charge is 0.481 e. The monoisotopic (exact) mass is 449 g/mol. The van der Waals surface area contributed by atoms with Gasteiger partial charge in [-0.1, -0.05) is 12.1 Å². The number of thiazole rings is 1. The fourth-order valence-corrected chi connectivity index (χ4v) is 4.39. The van der Waals surface area contributed by atoms with E-state index in [1.807, 2.05) is 23.6 Å². The van der Waals surface area contributed by atoms with Crippen LogP contribution in [0.4, 0.5) is 5.69 Å². The van der Waals surface area contributed by atoms with Crippen molar-refractivity contribution in [2.45, 2.75) is 20.0 Å². The number of ether oxygens (including phenoxy) is 3. The first-order valence-electron chi connectivity index (χ1n) is 9.93. The fourth-order valence-electron chi connectivity index (χ4n) is 3.44. The molecule has 0 aliphatic carbocycles. The molecule has 8 nitrogen and oxygen atoms in total. The van der Waals surface area contributed by atoms with Gasteiger partial charge in [-0.3, -0.25) is 14.0 Å². The van der Waals surface area contributed by atoms with E-state index in [9.17, 15) is 9.59 Å². The minimum Gasteiger partial charge on any atom is -0.481 e. The summed E-state index contributed by atoms with van der Waals surface area (Å²) in [6, 6.07) is 14.0. The van der Waals surface area contributed by atoms with Gasteiger partial charge in [-0.2, -0.15) is 0 Å². The van der Waals surface area contributed by atoms with Crippen molar-refractivity contribution in [3.8, 4) is 28.5 Å². The zero-order valence-electron chi connectivity index (χ0n) is 17.3. The quantitative estimate of drug-likeness (QED) is 0.497. The molecule has 0 fully saturated rings. The molecule has 1 aliphatic rings. The highest BCUT2D eigenvalue weighted by Crippen LogP contribution is 2.35. The summed E-state index contributed by atoms with van der Waals surface area (Å²) in [5.74, 6) is 1.45. The molecule has 5 rings (SSSR count). The molecule has 1 N–H and O–H groups in total. The summed E-state index contributed by atoms with van der Waals surface area (Å²) < 4.78 is 18.0. The Morgan fingerprint density at radius 2 is 2.03 bits per heavy atom. The molecular weight excluding hydrogens is 430 g/mol. The van der Waals surface area contributed by atoms with Crippen LogP contribution in [0.25, 0.3) is 16.2 Å². The Morgan fingerprint density at radius 1 is 1.19 bits per heavy atom. The van der Waals surface area contributed by atoms with E-state index >= 15 is 0 Å². The predicted octanol–water partition coefficient (Wildman–Crippen LogP) is 3.87. The number of hydrogen-bond donors (Lipinski definition) is 1. The zero-order valence-corrected chi connectivity index (χ0v) is 18.1. The van der Waals surface area contributed by atoms with Crippen molar-refractivity contribution >= 4 is 27.9 Å². The average molecular weight is 449 g/mol. The Kier molecular flexibility index (Phi) is 5.02. The third kappa shape index (κ3) is 3.78. The second-order valence-corrected chi connectivity index (χ2v) is 8.16. The van der Waals surface area contributed by atoms with Gasteiger partial charge < -0.3 is 19.5 Å². The van der Waals surface area contributed by atoms with Gasteiger partial charge in [0.1, 0.15) is 5.75 Å². The highest BCUT2D eigenvalue weighted by atomic mass is 32.1. The summed E-state index contributed by atoms with van der Waals surface area (Å²) in [4.78, 5) is 30.2. The Balaban J connectivity index is 1.34. The Hall–Kier alpha value is -3.85. The lowest BCUT2D eigenvalue weighted by Crippen LogP contribution is -2.30. The molecule has 2 aromatic heterocycles. The number of hydrogen-bond acceptors (Lipinski definition) is 7. The summed E-state index contributed by atoms with van der Waals surface area (Å²) in [5.41, 5.74) is 2.67. The maximum atomic E-state index is 12.7. The predicted molar refractivity (Wildman–Crippen MR) is 121 cm³/mol. The lowest BCUT2D eigenvalue weighted by Gasteiger charge is -2.15. The maximum Gasteiger partial charge on any atom is 0.265 e. The third-order valence-corrected chi connectivity index (χ3v) is 5.81. The third-order valence-electron chi connectivity index (χ3n) is 4.98. The van der Waals surface area contributed by atoms with E-state index in [2.05, 4.69) is 10.3 Å². The number of amides is 1. The zero-order chi connectivity index (χ0) is 22.2. The van der Waals surface area contributed by atoms with E-state index in [0.717, 1.165) is 11.3 Å². The summed E-state index contributed by atoms with van der Waals surface area (Å²) in [5, 5.41) is 4.75. The Morgan fingerprint density at radius 3 is 2.91 bits per heavy atom. The number of nitrogens with one attached hydrogen (secondary N) is 1. The number of nitrogens with zero attached hydrogens (tertiary/aromatic N) is 2. The van der Waals surface area contributed by atoms with E-state index in [0.29, 0.717) is 33.6 Å². The lowest BCUT2D eigenvalue weighted by molar-refractivity contribution is -0.122. The summed E-state index contributed by atoms with van der Waals surface area (Å²) in [7, 11) is 0. The smallest absolute Gasteiger partial charge is 0.265 e. The van der Waals surface area contributed by atoms with E-state index in [1.54, 1.807) is 42.5 Å². The van der Waals surface area contributed by atoms with Crippen molar-refractivity contribution < 1.29 is 19.0 Å². The number of fused-ring (bicyclic) bond motifs is 2. The van der Waals surface area contributed by atoms with Crippen LogP contribution < -0.4 is 25.1 Å². The fraction of sp³-hybridized carbons (Fsp3) is 0.174. The van der Waals surface area contributed by atoms with Gasteiger partial charge in [-0.25, -0.2) is 4.98 Å². The summed E-state index contributed by atoms with van der Waals surface area (Å²) in [6.07, 6.45) is -0.740. The molecule has 162 valence electrons. The second-order valence-electron chi connectivity index (χ2n) is 7.32. The van der Waals surface area contributed by atoms with Crippen molar-refractivity contribution in [2.24, 2.45) is 0 Å². The molecule has 1 amide bonds. The molecular formula is C23H19N3O5S. The van der Waals surface area contributed by atoms with Crippen LogP contribution in [-0.4, -0.2) is 28.2 Å². The standard InChI is InChI=1S/C23H19N3O5S/c1-13-8-21(27)26-18(11-32-23(26)24-13)15-4-3-5-16(9-15)25-22(28)14(2)31-17-6-7-19-20(10-17)30-12-29-19/h3-11,14H,12H2,1-2H3,(H,25,28). The molecule has 1 aliphatic heterocycles. The van der Waals surface area contributed by atoms with E-state index < -0.39 is 6.10 Å². The van der Waals surface area contributed by atoms with E-state index in [4.69, 9.17) is 14.2 Å². The van der Waals surface area contributed by atoms with Crippen LogP contribution in [0.1, 0.15) is 12.6 Å². The average Bonchev–Trinajstić information content (AvgIpc) is 3.40. The SMILES string of the molecule is Cc1cc(=O)n2c(-c3cccc(NC(=O)C(C)Oc4ccc5c(c4)OCO5)c3)csc2n1. The number of anilines is 1. The lowest BCUT2D eigenvalue weighted by atomic mass is 10.1. The molecule has 2 aromatic carbocycles. The molecule has 4 aromatic rings. The van der Waals surface area contributed by atoms with Gasteiger partial charge in [-0.15, -0.1) is 11.3 Å². The van der Waals surface area contributed by atoms with Gasteiger partial charge >= 0.3 is 0 Å². The van der Waals surface area contributed by atoms with Crippen molar-refractivity contribution in [2.75, 3.05) is 12.1 Å². The van der Waals surface area contributed by atoms with Gasteiger partial charge in [0.25, 0.3) is 11.5 Å². The van der Waals surface area contributed by atoms with Crippen molar-refractivity contribution in [1.29, 1.82) is 0 Å². The van der Waals surface area contributed by atoms with Gasteiger partial charge in [0, 0.05) is 34.5 Å². The van der Waals surface area contributed by atoms with E-state index in [1.165, 1.54) is 17.4 Å². The molecule has 0 radical (unpaired) electrons. The van der Waals surface area contributed by atoms with Crippen molar-refractivity contribution in [3.63, 3.8) is 0 Å². The number of carbonyl (C=O) groups is 1. The minimum absolute atomic E-state index is 0.135. The number of carbonyl (C=O) groups excluding carboxylic acids is 1. The van der Waals surface area contributed by atoms with Crippen LogP contribution in [-0.2, 0) is 4.79 Å². The molecule has 1 unspecified atom stereocenters. The van der Waals surface area contributed by atoms with Crippen LogP contribution in [0, 0.1) is 6.92 Å². The second kappa shape index (κ2) is 8.01. The first-order chi connectivity index (χ1) is 15.5. The van der Waals surface area contributed by atoms with Crippen LogP contribution >= 0.6 is 11.3 Å². The number of aromatic nitrogens is 2. The minimum atomic E-state index is -0.740. The number of benzene rings is 2. The van der Waals surface area contributed by atoms with Crippen LogP contribution in [0.2, 0.25) is 0 Å². The number of aryl methyl sites for hydroxylation is 1. The first-order valence-corrected chi connectivity index (χ1v) is 10.8. The van der Waals surface area contributed by atoms with Crippen molar-refractivity contribution in [1.82, 2.24) is 9.38 Å². The van der Waals surface area contributed by atoms with Crippen LogP contribution in [0.15, 0.2) is 58.7 Å². The summed E-state index contributed by atoms with van der Waals surface area (Å²) in [6.45, 7) is 3.64. The maximum absolute atomic E-state index is 12.7. The molecule has 0 saturated heterocycles. The van der Waals surface area contributed by atoms with Crippen LogP contribution in [0.5, 0.6) is 17.2 Å². The number of rotatable bonds is 5. The van der Waals surface area contributed by atoms with E-state index in [-0.39, 0.29) is 18.3 Å². The highest BCUT2D eigenvalue weighted by molar-refractivity contribution is 7.15. The molecule has 0 bridgehead atoms. The van der Waals surface area contributed by atoms with Crippen molar-refractivity contribution in [3.05, 3.63) is 70.0 Å².